The zero-order valence-electron chi connectivity index (χ0n) is 19.6. The van der Waals surface area contributed by atoms with E-state index in [1.807, 2.05) is 0 Å². The minimum absolute atomic E-state index is 0.124. The maximum Gasteiger partial charge on any atom is 0.278 e. The summed E-state index contributed by atoms with van der Waals surface area (Å²) in [5.74, 6) is -0.253. The van der Waals surface area contributed by atoms with Gasteiger partial charge >= 0.3 is 0 Å². The van der Waals surface area contributed by atoms with Crippen molar-refractivity contribution in [1.29, 1.82) is 0 Å². The molecule has 2 aliphatic carbocycles. The lowest BCUT2D eigenvalue weighted by molar-refractivity contribution is -0.955. The van der Waals surface area contributed by atoms with Crippen molar-refractivity contribution < 1.29 is 18.9 Å². The van der Waals surface area contributed by atoms with Crippen molar-refractivity contribution in [3.8, 4) is 0 Å². The van der Waals surface area contributed by atoms with E-state index in [-0.39, 0.29) is 37.0 Å². The number of nitrogens with zero attached hydrogens (tertiary/aromatic N) is 2. The lowest BCUT2D eigenvalue weighted by Crippen LogP contribution is -2.66. The van der Waals surface area contributed by atoms with Gasteiger partial charge in [-0.1, -0.05) is 25.7 Å². The van der Waals surface area contributed by atoms with Crippen molar-refractivity contribution >= 4 is 11.8 Å². The predicted molar refractivity (Wildman–Crippen MR) is 123 cm³/mol. The smallest absolute Gasteiger partial charge is 0.278 e. The van der Waals surface area contributed by atoms with Crippen LogP contribution in [0.4, 0.5) is 0 Å². The van der Waals surface area contributed by atoms with Crippen LogP contribution in [0.15, 0.2) is 0 Å². The van der Waals surface area contributed by atoms with Gasteiger partial charge in [-0.05, 0) is 51.4 Å². The second-order valence-electron chi connectivity index (χ2n) is 10.8. The van der Waals surface area contributed by atoms with Crippen molar-refractivity contribution in [2.75, 3.05) is 26.2 Å². The molecular formula is C24H42N4O4. The second kappa shape index (κ2) is 10.4. The summed E-state index contributed by atoms with van der Waals surface area (Å²) in [5, 5.41) is 33.9. The molecule has 2 unspecified atom stereocenters. The summed E-state index contributed by atoms with van der Waals surface area (Å²) < 4.78 is -1.20. The van der Waals surface area contributed by atoms with Gasteiger partial charge in [0.2, 0.25) is 0 Å². The van der Waals surface area contributed by atoms with Crippen LogP contribution in [0.5, 0.6) is 0 Å². The summed E-state index contributed by atoms with van der Waals surface area (Å²) in [4.78, 5) is 26.0. The summed E-state index contributed by atoms with van der Waals surface area (Å²) in [6.45, 7) is 1.03. The number of carbonyl (C=O) groups excluding carboxylic acids is 2. The molecule has 2 saturated carbocycles. The number of likely N-dealkylation sites (tertiary alicyclic amines) is 2. The van der Waals surface area contributed by atoms with E-state index in [1.165, 1.54) is 0 Å². The van der Waals surface area contributed by atoms with Gasteiger partial charge in [-0.15, -0.1) is 0 Å². The summed E-state index contributed by atoms with van der Waals surface area (Å²) in [7, 11) is 0. The number of rotatable bonds is 7. The summed E-state index contributed by atoms with van der Waals surface area (Å²) in [5.41, 5.74) is 0. The molecule has 4 atom stereocenters. The molecule has 0 aromatic carbocycles. The van der Waals surface area contributed by atoms with Gasteiger partial charge in [-0.2, -0.15) is 0 Å². The van der Waals surface area contributed by atoms with Gasteiger partial charge in [0.25, 0.3) is 11.8 Å². The van der Waals surface area contributed by atoms with E-state index in [1.54, 1.807) is 0 Å². The molecule has 0 aromatic heterocycles. The third-order valence-corrected chi connectivity index (χ3v) is 8.53. The molecule has 182 valence electrons. The topological polar surface area (TPSA) is 104 Å². The normalized spacial score (nSPS) is 36.8. The van der Waals surface area contributed by atoms with Gasteiger partial charge < -0.3 is 30.3 Å². The molecular weight excluding hydrogens is 408 g/mol. The fourth-order valence-corrected chi connectivity index (χ4v) is 6.51. The molecule has 32 heavy (non-hydrogen) atoms. The summed E-state index contributed by atoms with van der Waals surface area (Å²) in [6, 6.07) is -0.846. The SMILES string of the molecule is O=C(NC1CCCC1)[C@@H]1CCCC[N+]1([O-])CC[N+]1([O-])CCCC[C@H]1C(=O)NC1CCCC1. The number of amides is 2. The predicted octanol–water partition coefficient (Wildman–Crippen LogP) is 2.84. The number of piperidine rings is 2. The quantitative estimate of drug-likeness (QED) is 0.460. The number of quaternary nitrogens is 2. The van der Waals surface area contributed by atoms with Crippen LogP contribution in [0.25, 0.3) is 0 Å². The zero-order valence-corrected chi connectivity index (χ0v) is 19.6. The Morgan fingerprint density at radius 3 is 1.31 bits per heavy atom. The summed E-state index contributed by atoms with van der Waals surface area (Å²) in [6.07, 6.45) is 13.0. The van der Waals surface area contributed by atoms with Gasteiger partial charge in [-0.3, -0.25) is 9.59 Å². The number of hydroxylamine groups is 6. The Hall–Kier alpha value is -1.22. The standard InChI is InChI=1S/C24H42N4O4/c29-23(25-19-9-1-2-10-19)21-13-5-7-15-27(21,31)17-18-28(32)16-8-6-14-22(28)24(30)26-20-11-3-4-12-20/h19-22H,1-18H2,(H,25,29)(H,26,30)/t21-,22-,27?,28?/m0/s1. The first-order valence-corrected chi connectivity index (χ1v) is 13.2. The molecule has 8 heteroatoms. The van der Waals surface area contributed by atoms with E-state index in [0.29, 0.717) is 25.9 Å². The minimum Gasteiger partial charge on any atom is -0.632 e. The minimum atomic E-state index is -0.619. The van der Waals surface area contributed by atoms with Crippen LogP contribution in [0.3, 0.4) is 0 Å². The van der Waals surface area contributed by atoms with Crippen LogP contribution < -0.4 is 10.6 Å². The Kier molecular flexibility index (Phi) is 7.75. The molecule has 8 nitrogen and oxygen atoms in total. The van der Waals surface area contributed by atoms with Crippen molar-refractivity contribution in [1.82, 2.24) is 10.6 Å². The van der Waals surface area contributed by atoms with E-state index in [0.717, 1.165) is 77.0 Å². The molecule has 4 rings (SSSR count). The molecule has 0 aromatic rings. The highest BCUT2D eigenvalue weighted by Gasteiger charge is 2.43. The van der Waals surface area contributed by atoms with Crippen LogP contribution in [0, 0.1) is 10.4 Å². The third-order valence-electron chi connectivity index (χ3n) is 8.53. The third kappa shape index (κ3) is 5.46. The van der Waals surface area contributed by atoms with Crippen molar-refractivity contribution in [2.24, 2.45) is 0 Å². The fourth-order valence-electron chi connectivity index (χ4n) is 6.51. The number of hydrogen-bond acceptors (Lipinski definition) is 4. The highest BCUT2D eigenvalue weighted by Crippen LogP contribution is 2.30. The Morgan fingerprint density at radius 1 is 0.594 bits per heavy atom. The number of nitrogens with one attached hydrogen (secondary N) is 2. The fraction of sp³-hybridized carbons (Fsp3) is 0.917. The lowest BCUT2D eigenvalue weighted by Gasteiger charge is -2.55. The van der Waals surface area contributed by atoms with Gasteiger partial charge in [-0.25, -0.2) is 0 Å². The molecule has 4 aliphatic rings. The van der Waals surface area contributed by atoms with Gasteiger partial charge in [0.1, 0.15) is 13.1 Å². The molecule has 2 saturated heterocycles. The maximum atomic E-state index is 13.8. The van der Waals surface area contributed by atoms with Gasteiger partial charge in [0.05, 0.1) is 13.1 Å². The Bertz CT molecular complexity index is 608. The Balaban J connectivity index is 1.39. The highest BCUT2D eigenvalue weighted by atomic mass is 16.6. The first kappa shape index (κ1) is 23.9. The van der Waals surface area contributed by atoms with Gasteiger partial charge in [0, 0.05) is 24.9 Å². The van der Waals surface area contributed by atoms with Crippen LogP contribution >= 0.6 is 0 Å². The van der Waals surface area contributed by atoms with E-state index < -0.39 is 21.4 Å². The second-order valence-corrected chi connectivity index (χ2v) is 10.8. The van der Waals surface area contributed by atoms with E-state index in [2.05, 4.69) is 10.6 Å². The molecule has 2 heterocycles. The molecule has 0 bridgehead atoms. The van der Waals surface area contributed by atoms with Crippen molar-refractivity contribution in [3.05, 3.63) is 10.4 Å². The largest absolute Gasteiger partial charge is 0.632 e. The van der Waals surface area contributed by atoms with Crippen LogP contribution in [0.1, 0.15) is 89.9 Å². The molecule has 0 radical (unpaired) electrons. The lowest BCUT2D eigenvalue weighted by atomic mass is 9.98. The van der Waals surface area contributed by atoms with Gasteiger partial charge in [0.15, 0.2) is 12.1 Å². The number of carbonyl (C=O) groups is 2. The molecule has 2 N–H and O–H groups in total. The van der Waals surface area contributed by atoms with Crippen LogP contribution in [-0.2, 0) is 9.59 Å². The van der Waals surface area contributed by atoms with E-state index >= 15 is 0 Å². The van der Waals surface area contributed by atoms with Crippen LogP contribution in [0.2, 0.25) is 0 Å². The average Bonchev–Trinajstić information content (AvgIpc) is 3.47. The Labute approximate surface area is 192 Å². The monoisotopic (exact) mass is 450 g/mol. The number of hydrogen-bond donors (Lipinski definition) is 2. The van der Waals surface area contributed by atoms with Crippen molar-refractivity contribution in [2.45, 2.75) is 114 Å². The van der Waals surface area contributed by atoms with E-state index in [9.17, 15) is 20.0 Å². The summed E-state index contributed by atoms with van der Waals surface area (Å²) >= 11 is 0. The molecule has 4 fully saturated rings. The average molecular weight is 451 g/mol. The zero-order chi connectivity index (χ0) is 22.6. The maximum absolute atomic E-state index is 13.8. The molecule has 0 spiro atoms. The van der Waals surface area contributed by atoms with E-state index in [4.69, 9.17) is 0 Å². The highest BCUT2D eigenvalue weighted by molar-refractivity contribution is 5.81. The molecule has 2 amide bonds. The Morgan fingerprint density at radius 2 is 0.938 bits per heavy atom. The first-order valence-electron chi connectivity index (χ1n) is 13.2. The van der Waals surface area contributed by atoms with Crippen LogP contribution in [-0.4, -0.2) is 71.5 Å². The first-order chi connectivity index (χ1) is 15.4. The van der Waals surface area contributed by atoms with Crippen molar-refractivity contribution in [3.63, 3.8) is 0 Å². The molecule has 2 aliphatic heterocycles.